The summed E-state index contributed by atoms with van der Waals surface area (Å²) in [5.41, 5.74) is 0.991. The Kier molecular flexibility index (Phi) is 6.48. The smallest absolute Gasteiger partial charge is 0.240 e. The number of nitrogens with one attached hydrogen (secondary N) is 1. The van der Waals surface area contributed by atoms with Crippen molar-refractivity contribution in [3.8, 4) is 0 Å². The normalized spacial score (nSPS) is 17.3. The van der Waals surface area contributed by atoms with Gasteiger partial charge in [-0.15, -0.1) is 0 Å². The summed E-state index contributed by atoms with van der Waals surface area (Å²) in [6.07, 6.45) is 0. The van der Waals surface area contributed by atoms with E-state index in [9.17, 15) is 16.8 Å². The molecular formula is C18H23N3O5S2. The van der Waals surface area contributed by atoms with E-state index in [1.165, 1.54) is 18.2 Å². The molecule has 3 rings (SSSR count). The Bertz CT molecular complexity index is 1000. The van der Waals surface area contributed by atoms with Crippen molar-refractivity contribution in [2.75, 3.05) is 32.8 Å². The first kappa shape index (κ1) is 20.9. The number of sulfonamides is 2. The third-order valence-electron chi connectivity index (χ3n) is 4.58. The number of nitrogens with two attached hydrogens (primary N) is 1. The molecule has 1 atom stereocenters. The first-order chi connectivity index (χ1) is 13.3. The topological polar surface area (TPSA) is 119 Å². The highest BCUT2D eigenvalue weighted by Gasteiger charge is 2.25. The van der Waals surface area contributed by atoms with Crippen LogP contribution in [-0.4, -0.2) is 54.6 Å². The molecule has 0 aliphatic carbocycles. The Hall–Kier alpha value is -1.82. The lowest BCUT2D eigenvalue weighted by Crippen LogP contribution is -2.43. The number of hydrogen-bond acceptors (Lipinski definition) is 6. The lowest BCUT2D eigenvalue weighted by atomic mass is 10.1. The fraction of sp³-hybridized carbons (Fsp3) is 0.333. The first-order valence-corrected chi connectivity index (χ1v) is 11.8. The van der Waals surface area contributed by atoms with Crippen LogP contribution in [0.1, 0.15) is 11.6 Å². The monoisotopic (exact) mass is 425 g/mol. The van der Waals surface area contributed by atoms with Crippen LogP contribution in [0.15, 0.2) is 64.4 Å². The van der Waals surface area contributed by atoms with Crippen molar-refractivity contribution in [2.24, 2.45) is 5.14 Å². The summed E-state index contributed by atoms with van der Waals surface area (Å²) in [5, 5.41) is 5.10. The number of benzene rings is 2. The number of hydrogen-bond donors (Lipinski definition) is 2. The number of rotatable bonds is 7. The van der Waals surface area contributed by atoms with Gasteiger partial charge in [-0.1, -0.05) is 36.4 Å². The second kappa shape index (κ2) is 8.68. The molecule has 0 amide bonds. The van der Waals surface area contributed by atoms with E-state index >= 15 is 0 Å². The number of nitrogens with zero attached hydrogens (tertiary/aromatic N) is 1. The number of primary sulfonamides is 1. The molecule has 3 N–H and O–H groups in total. The van der Waals surface area contributed by atoms with Gasteiger partial charge in [-0.25, -0.2) is 26.7 Å². The van der Waals surface area contributed by atoms with Gasteiger partial charge in [0, 0.05) is 25.7 Å². The van der Waals surface area contributed by atoms with Gasteiger partial charge in [-0.3, -0.25) is 4.90 Å². The number of morpholine rings is 1. The zero-order chi connectivity index (χ0) is 20.2. The maximum absolute atomic E-state index is 12.7. The van der Waals surface area contributed by atoms with Crippen LogP contribution in [-0.2, 0) is 24.8 Å². The molecule has 0 spiro atoms. The minimum absolute atomic E-state index is 0.145. The maximum atomic E-state index is 12.7. The fourth-order valence-electron chi connectivity index (χ4n) is 3.11. The molecule has 0 radical (unpaired) electrons. The van der Waals surface area contributed by atoms with E-state index in [1.54, 1.807) is 0 Å². The van der Waals surface area contributed by atoms with E-state index in [1.807, 2.05) is 30.3 Å². The molecule has 0 bridgehead atoms. The molecule has 0 saturated carbocycles. The predicted octanol–water partition coefficient (Wildman–Crippen LogP) is 0.686. The predicted molar refractivity (Wildman–Crippen MR) is 105 cm³/mol. The Labute approximate surface area is 165 Å². The first-order valence-electron chi connectivity index (χ1n) is 8.77. The minimum Gasteiger partial charge on any atom is -0.379 e. The Balaban J connectivity index is 1.82. The van der Waals surface area contributed by atoms with Crippen LogP contribution >= 0.6 is 0 Å². The molecule has 1 heterocycles. The summed E-state index contributed by atoms with van der Waals surface area (Å²) in [7, 11) is -7.90. The molecule has 1 unspecified atom stereocenters. The Morgan fingerprint density at radius 2 is 1.61 bits per heavy atom. The lowest BCUT2D eigenvalue weighted by Gasteiger charge is -2.34. The van der Waals surface area contributed by atoms with Gasteiger partial charge in [-0.2, -0.15) is 0 Å². The quantitative estimate of drug-likeness (QED) is 0.674. The summed E-state index contributed by atoms with van der Waals surface area (Å²) in [6, 6.07) is 14.5. The second-order valence-corrected chi connectivity index (χ2v) is 9.77. The molecular weight excluding hydrogens is 402 g/mol. The molecule has 28 heavy (non-hydrogen) atoms. The number of ether oxygens (including phenoxy) is 1. The molecule has 2 aromatic carbocycles. The average molecular weight is 426 g/mol. The van der Waals surface area contributed by atoms with Crippen molar-refractivity contribution >= 4 is 20.0 Å². The van der Waals surface area contributed by atoms with Crippen molar-refractivity contribution in [1.29, 1.82) is 0 Å². The minimum atomic E-state index is -3.99. The van der Waals surface area contributed by atoms with E-state index in [2.05, 4.69) is 9.62 Å². The van der Waals surface area contributed by atoms with Crippen molar-refractivity contribution < 1.29 is 21.6 Å². The molecule has 1 fully saturated rings. The summed E-state index contributed by atoms with van der Waals surface area (Å²) in [4.78, 5) is 1.78. The van der Waals surface area contributed by atoms with Gasteiger partial charge in [0.15, 0.2) is 0 Å². The van der Waals surface area contributed by atoms with Crippen LogP contribution in [0.4, 0.5) is 0 Å². The van der Waals surface area contributed by atoms with Crippen LogP contribution in [0.2, 0.25) is 0 Å². The molecule has 8 nitrogen and oxygen atoms in total. The molecule has 10 heteroatoms. The van der Waals surface area contributed by atoms with Gasteiger partial charge in [-0.05, 0) is 23.8 Å². The highest BCUT2D eigenvalue weighted by Crippen LogP contribution is 2.22. The summed E-state index contributed by atoms with van der Waals surface area (Å²) in [5.74, 6) is 0. The Morgan fingerprint density at radius 1 is 0.964 bits per heavy atom. The van der Waals surface area contributed by atoms with Gasteiger partial charge in [0.05, 0.1) is 23.0 Å². The van der Waals surface area contributed by atoms with Gasteiger partial charge in [0.1, 0.15) is 0 Å². The van der Waals surface area contributed by atoms with Gasteiger partial charge in [0.2, 0.25) is 20.0 Å². The molecule has 1 aliphatic heterocycles. The molecule has 1 saturated heterocycles. The molecule has 0 aromatic heterocycles. The lowest BCUT2D eigenvalue weighted by molar-refractivity contribution is 0.0172. The highest BCUT2D eigenvalue weighted by atomic mass is 32.2. The van der Waals surface area contributed by atoms with Gasteiger partial charge >= 0.3 is 0 Å². The van der Waals surface area contributed by atoms with Crippen molar-refractivity contribution in [1.82, 2.24) is 9.62 Å². The maximum Gasteiger partial charge on any atom is 0.240 e. The van der Waals surface area contributed by atoms with Gasteiger partial charge in [0.25, 0.3) is 0 Å². The summed E-state index contributed by atoms with van der Waals surface area (Å²) in [6.45, 7) is 2.72. The van der Waals surface area contributed by atoms with Crippen molar-refractivity contribution in [2.45, 2.75) is 15.8 Å². The van der Waals surface area contributed by atoms with Crippen LogP contribution in [0.3, 0.4) is 0 Å². The van der Waals surface area contributed by atoms with Crippen molar-refractivity contribution in [3.05, 3.63) is 60.2 Å². The van der Waals surface area contributed by atoms with Crippen LogP contribution < -0.4 is 9.86 Å². The summed E-state index contributed by atoms with van der Waals surface area (Å²) >= 11 is 0. The largest absolute Gasteiger partial charge is 0.379 e. The third-order valence-corrected chi connectivity index (χ3v) is 6.91. The third kappa shape index (κ3) is 5.16. The zero-order valence-electron chi connectivity index (χ0n) is 15.2. The highest BCUT2D eigenvalue weighted by molar-refractivity contribution is 7.90. The van der Waals surface area contributed by atoms with E-state index in [0.717, 1.165) is 11.6 Å². The van der Waals surface area contributed by atoms with Gasteiger partial charge < -0.3 is 4.74 Å². The van der Waals surface area contributed by atoms with E-state index in [0.29, 0.717) is 26.3 Å². The van der Waals surface area contributed by atoms with E-state index < -0.39 is 20.0 Å². The standard InChI is InChI=1S/C18H23N3O5S2/c19-27(22,23)16-7-4-8-17(13-16)28(24,25)20-14-18(15-5-2-1-3-6-15)21-9-11-26-12-10-21/h1-8,13,18,20H,9-12,14H2,(H2,19,22,23). The SMILES string of the molecule is NS(=O)(=O)c1cccc(S(=O)(=O)NCC(c2ccccc2)N2CCOCC2)c1. The van der Waals surface area contributed by atoms with Crippen LogP contribution in [0.5, 0.6) is 0 Å². The van der Waals surface area contributed by atoms with Crippen LogP contribution in [0.25, 0.3) is 0 Å². The summed E-state index contributed by atoms with van der Waals surface area (Å²) < 4.78 is 56.5. The van der Waals surface area contributed by atoms with E-state index in [4.69, 9.17) is 9.88 Å². The van der Waals surface area contributed by atoms with Crippen LogP contribution in [0, 0.1) is 0 Å². The molecule has 2 aromatic rings. The second-order valence-electron chi connectivity index (χ2n) is 6.45. The van der Waals surface area contributed by atoms with Crippen molar-refractivity contribution in [3.63, 3.8) is 0 Å². The molecule has 1 aliphatic rings. The van der Waals surface area contributed by atoms with E-state index in [-0.39, 0.29) is 22.4 Å². The molecule has 152 valence electrons. The zero-order valence-corrected chi connectivity index (χ0v) is 16.8. The fourth-order valence-corrected chi connectivity index (χ4v) is 4.83. The Morgan fingerprint density at radius 3 is 2.25 bits per heavy atom. The average Bonchev–Trinajstić information content (AvgIpc) is 2.69.